The first-order valence-corrected chi connectivity index (χ1v) is 8.40. The van der Waals surface area contributed by atoms with E-state index in [1.165, 1.54) is 33.3 Å². The fraction of sp³-hybridized carbons (Fsp3) is 0.429. The molecule has 0 aliphatic carbocycles. The number of carbonyl (C=O) groups excluding carboxylic acids is 2. The SMILES string of the molecule is CNC(=O)CN[C@@H](C)C(=O)Nc1cccc(S(=O)(=O)N(C)C)c1. The fourth-order valence-electron chi connectivity index (χ4n) is 1.62. The minimum Gasteiger partial charge on any atom is -0.358 e. The van der Waals surface area contributed by atoms with Crippen LogP contribution in [0.3, 0.4) is 0 Å². The maximum atomic E-state index is 12.1. The van der Waals surface area contributed by atoms with Crippen molar-refractivity contribution in [3.05, 3.63) is 24.3 Å². The van der Waals surface area contributed by atoms with Crippen LogP contribution < -0.4 is 16.0 Å². The first kappa shape index (κ1) is 19.1. The summed E-state index contributed by atoms with van der Waals surface area (Å²) in [6, 6.07) is 5.38. The highest BCUT2D eigenvalue weighted by Crippen LogP contribution is 2.18. The fourth-order valence-corrected chi connectivity index (χ4v) is 2.57. The number of likely N-dealkylation sites (N-methyl/N-ethyl adjacent to an activating group) is 1. The van der Waals surface area contributed by atoms with Gasteiger partial charge in [-0.2, -0.15) is 0 Å². The van der Waals surface area contributed by atoms with Gasteiger partial charge in [-0.25, -0.2) is 12.7 Å². The number of nitrogens with one attached hydrogen (secondary N) is 3. The van der Waals surface area contributed by atoms with E-state index in [-0.39, 0.29) is 23.3 Å². The first-order chi connectivity index (χ1) is 10.7. The van der Waals surface area contributed by atoms with Crippen LogP contribution in [0.2, 0.25) is 0 Å². The highest BCUT2D eigenvalue weighted by Gasteiger charge is 2.18. The first-order valence-electron chi connectivity index (χ1n) is 6.96. The molecule has 0 saturated carbocycles. The summed E-state index contributed by atoms with van der Waals surface area (Å²) in [6.07, 6.45) is 0. The van der Waals surface area contributed by atoms with E-state index in [4.69, 9.17) is 0 Å². The molecule has 0 aliphatic rings. The lowest BCUT2D eigenvalue weighted by Gasteiger charge is -2.15. The molecule has 0 aromatic heterocycles. The molecule has 23 heavy (non-hydrogen) atoms. The number of nitrogens with zero attached hydrogens (tertiary/aromatic N) is 1. The van der Waals surface area contributed by atoms with E-state index in [0.717, 1.165) is 4.31 Å². The van der Waals surface area contributed by atoms with Gasteiger partial charge in [-0.05, 0) is 25.1 Å². The van der Waals surface area contributed by atoms with Crippen LogP contribution in [0.5, 0.6) is 0 Å². The average Bonchev–Trinajstić information content (AvgIpc) is 2.52. The number of benzene rings is 1. The second kappa shape index (κ2) is 8.04. The maximum absolute atomic E-state index is 12.1. The average molecular weight is 342 g/mol. The minimum atomic E-state index is -3.57. The lowest BCUT2D eigenvalue weighted by Crippen LogP contribution is -2.42. The molecule has 1 atom stereocenters. The molecule has 8 nitrogen and oxygen atoms in total. The van der Waals surface area contributed by atoms with Crippen LogP contribution in [-0.4, -0.2) is 58.3 Å². The van der Waals surface area contributed by atoms with Gasteiger partial charge in [-0.1, -0.05) is 6.07 Å². The minimum absolute atomic E-state index is 0.0140. The van der Waals surface area contributed by atoms with E-state index < -0.39 is 16.1 Å². The Morgan fingerprint density at radius 1 is 1.26 bits per heavy atom. The molecule has 0 saturated heterocycles. The van der Waals surface area contributed by atoms with Crippen LogP contribution in [0.25, 0.3) is 0 Å². The highest BCUT2D eigenvalue weighted by atomic mass is 32.2. The van der Waals surface area contributed by atoms with Crippen LogP contribution in [0.1, 0.15) is 6.92 Å². The molecule has 0 unspecified atom stereocenters. The van der Waals surface area contributed by atoms with E-state index in [0.29, 0.717) is 5.69 Å². The number of hydrogen-bond acceptors (Lipinski definition) is 5. The van der Waals surface area contributed by atoms with E-state index in [1.54, 1.807) is 19.1 Å². The highest BCUT2D eigenvalue weighted by molar-refractivity contribution is 7.89. The molecule has 2 amide bonds. The molecule has 1 aromatic rings. The molecule has 0 aliphatic heterocycles. The number of rotatable bonds is 7. The molecule has 0 heterocycles. The Balaban J connectivity index is 2.78. The van der Waals surface area contributed by atoms with E-state index in [1.807, 2.05) is 0 Å². The van der Waals surface area contributed by atoms with Crippen molar-refractivity contribution >= 4 is 27.5 Å². The van der Waals surface area contributed by atoms with Gasteiger partial charge in [-0.15, -0.1) is 0 Å². The zero-order valence-corrected chi connectivity index (χ0v) is 14.4. The summed E-state index contributed by atoms with van der Waals surface area (Å²) < 4.78 is 25.2. The van der Waals surface area contributed by atoms with Crippen LogP contribution in [0, 0.1) is 0 Å². The second-order valence-electron chi connectivity index (χ2n) is 5.08. The molecule has 9 heteroatoms. The van der Waals surface area contributed by atoms with Crippen molar-refractivity contribution in [3.63, 3.8) is 0 Å². The second-order valence-corrected chi connectivity index (χ2v) is 7.23. The smallest absolute Gasteiger partial charge is 0.242 e. The summed E-state index contributed by atoms with van der Waals surface area (Å²) >= 11 is 0. The van der Waals surface area contributed by atoms with Crippen molar-refractivity contribution in [3.8, 4) is 0 Å². The van der Waals surface area contributed by atoms with Crippen molar-refractivity contribution in [2.75, 3.05) is 33.0 Å². The van der Waals surface area contributed by atoms with Crippen molar-refractivity contribution in [1.82, 2.24) is 14.9 Å². The summed E-state index contributed by atoms with van der Waals surface area (Å²) in [5.41, 5.74) is 0.367. The molecular weight excluding hydrogens is 320 g/mol. The zero-order chi connectivity index (χ0) is 17.6. The van der Waals surface area contributed by atoms with E-state index in [2.05, 4.69) is 16.0 Å². The van der Waals surface area contributed by atoms with Crippen LogP contribution in [0.4, 0.5) is 5.69 Å². The van der Waals surface area contributed by atoms with Crippen LogP contribution in [0.15, 0.2) is 29.2 Å². The Labute approximate surface area is 136 Å². The summed E-state index contributed by atoms with van der Waals surface area (Å²) in [6.45, 7) is 1.62. The number of carbonyl (C=O) groups is 2. The molecule has 3 N–H and O–H groups in total. The monoisotopic (exact) mass is 342 g/mol. The third-order valence-electron chi connectivity index (χ3n) is 3.12. The lowest BCUT2D eigenvalue weighted by molar-refractivity contribution is -0.120. The third-order valence-corrected chi connectivity index (χ3v) is 4.93. The molecule has 0 spiro atoms. The predicted octanol–water partition coefficient (Wildman–Crippen LogP) is -0.400. The Bertz CT molecular complexity index is 673. The van der Waals surface area contributed by atoms with Gasteiger partial charge in [0.05, 0.1) is 17.5 Å². The topological polar surface area (TPSA) is 108 Å². The third kappa shape index (κ3) is 5.31. The molecule has 1 aromatic carbocycles. The number of anilines is 1. The Hall–Kier alpha value is -1.97. The lowest BCUT2D eigenvalue weighted by atomic mass is 10.2. The Morgan fingerprint density at radius 3 is 2.48 bits per heavy atom. The zero-order valence-electron chi connectivity index (χ0n) is 13.6. The van der Waals surface area contributed by atoms with Crippen molar-refractivity contribution < 1.29 is 18.0 Å². The normalized spacial score (nSPS) is 12.7. The Kier molecular flexibility index (Phi) is 6.67. The molecule has 0 fully saturated rings. The van der Waals surface area contributed by atoms with Crippen LogP contribution in [-0.2, 0) is 19.6 Å². The molecule has 0 radical (unpaired) electrons. The predicted molar refractivity (Wildman–Crippen MR) is 87.5 cm³/mol. The summed E-state index contributed by atoms with van der Waals surface area (Å²) in [7, 11) is 0.810. The van der Waals surface area contributed by atoms with Gasteiger partial charge in [-0.3, -0.25) is 14.9 Å². The van der Waals surface area contributed by atoms with Gasteiger partial charge in [0.1, 0.15) is 0 Å². The van der Waals surface area contributed by atoms with Gasteiger partial charge in [0, 0.05) is 26.8 Å². The number of amides is 2. The number of sulfonamides is 1. The van der Waals surface area contributed by atoms with Gasteiger partial charge < -0.3 is 10.6 Å². The van der Waals surface area contributed by atoms with Crippen molar-refractivity contribution in [2.24, 2.45) is 0 Å². The summed E-state index contributed by atoms with van der Waals surface area (Å²) in [4.78, 5) is 23.3. The molecule has 1 rings (SSSR count). The largest absolute Gasteiger partial charge is 0.358 e. The summed E-state index contributed by atoms with van der Waals surface area (Å²) in [5, 5.41) is 7.82. The standard InChI is InChI=1S/C14H22N4O4S/c1-10(16-9-13(19)15-2)14(20)17-11-6-5-7-12(8-11)23(21,22)18(3)4/h5-8,10,16H,9H2,1-4H3,(H,15,19)(H,17,20)/t10-/m0/s1. The molecule has 0 bridgehead atoms. The molecular formula is C14H22N4O4S. The number of hydrogen-bond donors (Lipinski definition) is 3. The maximum Gasteiger partial charge on any atom is 0.242 e. The van der Waals surface area contributed by atoms with Gasteiger partial charge >= 0.3 is 0 Å². The Morgan fingerprint density at radius 2 is 1.91 bits per heavy atom. The van der Waals surface area contributed by atoms with Crippen LogP contribution >= 0.6 is 0 Å². The summed E-state index contributed by atoms with van der Waals surface area (Å²) in [5.74, 6) is -0.600. The van der Waals surface area contributed by atoms with Crippen molar-refractivity contribution in [2.45, 2.75) is 17.9 Å². The van der Waals surface area contributed by atoms with E-state index >= 15 is 0 Å². The molecule has 128 valence electrons. The van der Waals surface area contributed by atoms with Gasteiger partial charge in [0.15, 0.2) is 0 Å². The van der Waals surface area contributed by atoms with E-state index in [9.17, 15) is 18.0 Å². The quantitative estimate of drug-likeness (QED) is 0.625. The van der Waals surface area contributed by atoms with Crippen molar-refractivity contribution in [1.29, 1.82) is 0 Å². The van der Waals surface area contributed by atoms with Gasteiger partial charge in [0.25, 0.3) is 0 Å². The van der Waals surface area contributed by atoms with Gasteiger partial charge in [0.2, 0.25) is 21.8 Å².